The third kappa shape index (κ3) is 5.93. The predicted molar refractivity (Wildman–Crippen MR) is 141 cm³/mol. The van der Waals surface area contributed by atoms with Gasteiger partial charge in [0, 0.05) is 36.6 Å². The lowest BCUT2D eigenvalue weighted by atomic mass is 10.1. The molecule has 0 bridgehead atoms. The molecule has 12 heteroatoms. The van der Waals surface area contributed by atoms with E-state index in [4.69, 9.17) is 15.6 Å². The molecule has 38 heavy (non-hydrogen) atoms. The van der Waals surface area contributed by atoms with Crippen LogP contribution in [0, 0.1) is 5.41 Å². The molecule has 5 N–H and O–H groups in total. The minimum Gasteiger partial charge on any atom is -0.481 e. The van der Waals surface area contributed by atoms with Crippen LogP contribution in [0.25, 0.3) is 11.0 Å². The Morgan fingerprint density at radius 2 is 1.76 bits per heavy atom. The fraction of sp³-hybridized carbons (Fsp3) is 0.154. The van der Waals surface area contributed by atoms with E-state index in [9.17, 15) is 14.4 Å². The van der Waals surface area contributed by atoms with Crippen LogP contribution in [-0.4, -0.2) is 55.1 Å². The number of imidazole rings is 1. The Bertz CT molecular complexity index is 1500. The lowest BCUT2D eigenvalue weighted by Gasteiger charge is -2.21. The standard InChI is InChI=1S/C26H25N7O5/c1-32-20-10-7-17(25(36)33(13-11-23(34)35)21-4-2-3-12-28-21)14-19(20)30-22(32)15-29-18-8-5-16(6-9-18)24(27)31-26(37)38/h2-10,12,14,29H,11,13,15H2,1H3,(H2,27,31)(H,34,35)(H,37,38). The highest BCUT2D eigenvalue weighted by Crippen LogP contribution is 2.21. The van der Waals surface area contributed by atoms with E-state index in [0.29, 0.717) is 34.8 Å². The first-order chi connectivity index (χ1) is 18.2. The summed E-state index contributed by atoms with van der Waals surface area (Å²) in [5, 5.41) is 30.9. The number of carbonyl (C=O) groups is 3. The molecule has 2 amide bonds. The number of fused-ring (bicyclic) bond motifs is 1. The molecule has 0 saturated carbocycles. The van der Waals surface area contributed by atoms with Crippen LogP contribution in [0.1, 0.15) is 28.2 Å². The van der Waals surface area contributed by atoms with Crippen LogP contribution in [0.3, 0.4) is 0 Å². The minimum atomic E-state index is -1.30. The van der Waals surface area contributed by atoms with Crippen molar-refractivity contribution in [3.8, 4) is 0 Å². The Labute approximate surface area is 217 Å². The summed E-state index contributed by atoms with van der Waals surface area (Å²) in [6, 6.07) is 17.0. The van der Waals surface area contributed by atoms with Crippen molar-refractivity contribution in [2.45, 2.75) is 13.0 Å². The number of carboxylic acid groups (broad SMARTS) is 2. The van der Waals surface area contributed by atoms with Crippen molar-refractivity contribution >= 4 is 46.3 Å². The molecule has 0 unspecified atom stereocenters. The molecular formula is C26H25N7O5. The van der Waals surface area contributed by atoms with E-state index in [1.165, 1.54) is 4.90 Å². The third-order valence-electron chi connectivity index (χ3n) is 5.80. The van der Waals surface area contributed by atoms with Crippen molar-refractivity contribution in [1.82, 2.24) is 19.9 Å². The Hall–Kier alpha value is -5.26. The number of rotatable bonds is 9. The Morgan fingerprint density at radius 3 is 2.42 bits per heavy atom. The van der Waals surface area contributed by atoms with Crippen molar-refractivity contribution < 1.29 is 24.6 Å². The van der Waals surface area contributed by atoms with Gasteiger partial charge in [-0.2, -0.15) is 0 Å². The third-order valence-corrected chi connectivity index (χ3v) is 5.80. The van der Waals surface area contributed by atoms with Gasteiger partial charge in [-0.1, -0.05) is 6.07 Å². The zero-order chi connectivity index (χ0) is 27.2. The minimum absolute atomic E-state index is 0.0226. The van der Waals surface area contributed by atoms with Crippen molar-refractivity contribution in [3.63, 3.8) is 0 Å². The summed E-state index contributed by atoms with van der Waals surface area (Å²) in [6.45, 7) is 0.350. The summed E-state index contributed by atoms with van der Waals surface area (Å²) in [5.74, 6) is -0.526. The second kappa shape index (κ2) is 11.2. The lowest BCUT2D eigenvalue weighted by Crippen LogP contribution is -2.33. The van der Waals surface area contributed by atoms with E-state index in [2.05, 4.69) is 15.3 Å². The number of amides is 2. The van der Waals surface area contributed by atoms with E-state index in [1.54, 1.807) is 66.9 Å². The first-order valence-electron chi connectivity index (χ1n) is 11.6. The van der Waals surface area contributed by atoms with E-state index < -0.39 is 12.1 Å². The fourth-order valence-electron chi connectivity index (χ4n) is 3.85. The van der Waals surface area contributed by atoms with Crippen LogP contribution in [-0.2, 0) is 18.4 Å². The molecule has 0 saturated heterocycles. The van der Waals surface area contributed by atoms with Gasteiger partial charge in [0.25, 0.3) is 5.91 Å². The second-order valence-corrected chi connectivity index (χ2v) is 8.32. The number of carbonyl (C=O) groups excluding carboxylic acids is 1. The maximum atomic E-state index is 13.3. The number of carboxylic acids is 1. The van der Waals surface area contributed by atoms with Crippen molar-refractivity contribution in [1.29, 1.82) is 5.41 Å². The molecule has 0 spiro atoms. The molecule has 4 aromatic rings. The van der Waals surface area contributed by atoms with Crippen LogP contribution < -0.4 is 15.5 Å². The summed E-state index contributed by atoms with van der Waals surface area (Å²) in [7, 11) is 1.86. The molecule has 0 atom stereocenters. The van der Waals surface area contributed by atoms with Crippen LogP contribution in [0.4, 0.5) is 16.3 Å². The molecule has 2 aromatic heterocycles. The van der Waals surface area contributed by atoms with Crippen LogP contribution in [0.5, 0.6) is 0 Å². The van der Waals surface area contributed by atoms with Gasteiger partial charge in [-0.05, 0) is 54.6 Å². The summed E-state index contributed by atoms with van der Waals surface area (Å²) in [4.78, 5) is 45.4. The number of hydrogen-bond donors (Lipinski definition) is 5. The summed E-state index contributed by atoms with van der Waals surface area (Å²) in [5.41, 5.74) is 2.97. The highest BCUT2D eigenvalue weighted by atomic mass is 16.4. The Kier molecular flexibility index (Phi) is 7.61. The van der Waals surface area contributed by atoms with E-state index in [-0.39, 0.29) is 24.7 Å². The Morgan fingerprint density at radius 1 is 1.03 bits per heavy atom. The highest BCUT2D eigenvalue weighted by Gasteiger charge is 2.21. The number of benzene rings is 2. The number of nitrogens with one attached hydrogen (secondary N) is 3. The molecule has 0 radical (unpaired) electrons. The molecular weight excluding hydrogens is 490 g/mol. The van der Waals surface area contributed by atoms with Gasteiger partial charge >= 0.3 is 12.1 Å². The van der Waals surface area contributed by atoms with E-state index in [0.717, 1.165) is 11.2 Å². The molecule has 2 heterocycles. The fourth-order valence-corrected chi connectivity index (χ4v) is 3.85. The quantitative estimate of drug-likeness (QED) is 0.167. The first-order valence-corrected chi connectivity index (χ1v) is 11.6. The van der Waals surface area contributed by atoms with Crippen molar-refractivity contribution in [3.05, 3.63) is 83.8 Å². The molecule has 0 fully saturated rings. The molecule has 194 valence electrons. The highest BCUT2D eigenvalue weighted by molar-refractivity contribution is 6.07. The number of amidine groups is 1. The molecule has 4 rings (SSSR count). The van der Waals surface area contributed by atoms with Gasteiger partial charge in [0.05, 0.1) is 24.0 Å². The van der Waals surface area contributed by atoms with Gasteiger partial charge in [0.2, 0.25) is 0 Å². The molecule has 2 aromatic carbocycles. The maximum absolute atomic E-state index is 13.3. The average molecular weight is 516 g/mol. The Balaban J connectivity index is 1.51. The van der Waals surface area contributed by atoms with Gasteiger partial charge < -0.3 is 20.1 Å². The average Bonchev–Trinajstić information content (AvgIpc) is 3.22. The van der Waals surface area contributed by atoms with Crippen LogP contribution >= 0.6 is 0 Å². The normalized spacial score (nSPS) is 10.7. The van der Waals surface area contributed by atoms with Crippen LogP contribution in [0.2, 0.25) is 0 Å². The number of aromatic nitrogens is 3. The number of aliphatic carboxylic acids is 1. The predicted octanol–water partition coefficient (Wildman–Crippen LogP) is 3.29. The van der Waals surface area contributed by atoms with Crippen molar-refractivity contribution in [2.24, 2.45) is 7.05 Å². The molecule has 0 aliphatic carbocycles. The monoisotopic (exact) mass is 515 g/mol. The largest absolute Gasteiger partial charge is 0.481 e. The first kappa shape index (κ1) is 25.8. The smallest absolute Gasteiger partial charge is 0.410 e. The number of anilines is 2. The van der Waals surface area contributed by atoms with Crippen molar-refractivity contribution in [2.75, 3.05) is 16.8 Å². The molecule has 0 aliphatic rings. The zero-order valence-electron chi connectivity index (χ0n) is 20.4. The van der Waals surface area contributed by atoms with Gasteiger partial charge in [-0.3, -0.25) is 25.2 Å². The SMILES string of the molecule is Cn1c(CNc2ccc(C(=N)NC(=O)O)cc2)nc2cc(C(=O)N(CCC(=O)O)c3ccccn3)ccc21. The zero-order valence-corrected chi connectivity index (χ0v) is 20.4. The molecule has 0 aliphatic heterocycles. The number of pyridine rings is 1. The molecule has 12 nitrogen and oxygen atoms in total. The van der Waals surface area contributed by atoms with Gasteiger partial charge in [-0.25, -0.2) is 14.8 Å². The number of aryl methyl sites for hydroxylation is 1. The summed E-state index contributed by atoms with van der Waals surface area (Å²) < 4.78 is 1.90. The van der Waals surface area contributed by atoms with Gasteiger partial charge in [-0.15, -0.1) is 0 Å². The number of hydrogen-bond acceptors (Lipinski definition) is 7. The van der Waals surface area contributed by atoms with Crippen LogP contribution in [0.15, 0.2) is 66.9 Å². The van der Waals surface area contributed by atoms with E-state index >= 15 is 0 Å². The lowest BCUT2D eigenvalue weighted by molar-refractivity contribution is -0.136. The second-order valence-electron chi connectivity index (χ2n) is 8.32. The summed E-state index contributed by atoms with van der Waals surface area (Å²) in [6.07, 6.45) is 0.0262. The summed E-state index contributed by atoms with van der Waals surface area (Å²) >= 11 is 0. The van der Waals surface area contributed by atoms with Gasteiger partial charge in [0.15, 0.2) is 0 Å². The maximum Gasteiger partial charge on any atom is 0.410 e. The van der Waals surface area contributed by atoms with Gasteiger partial charge in [0.1, 0.15) is 17.5 Å². The van der Waals surface area contributed by atoms with E-state index in [1.807, 2.05) is 16.9 Å². The topological polar surface area (TPSA) is 174 Å². The number of nitrogens with zero attached hydrogens (tertiary/aromatic N) is 4.